The molecule has 0 bridgehead atoms. The van der Waals surface area contributed by atoms with Gasteiger partial charge in [0.1, 0.15) is 5.82 Å². The Kier molecular flexibility index (Phi) is 7.75. The van der Waals surface area contributed by atoms with Gasteiger partial charge < -0.3 is 5.32 Å². The lowest BCUT2D eigenvalue weighted by atomic mass is 9.96. The molecule has 2 aromatic rings. The third-order valence-electron chi connectivity index (χ3n) is 5.42. The van der Waals surface area contributed by atoms with Crippen LogP contribution in [0.2, 0.25) is 0 Å². The predicted molar refractivity (Wildman–Crippen MR) is 110 cm³/mol. The van der Waals surface area contributed by atoms with Crippen molar-refractivity contribution in [2.24, 2.45) is 5.92 Å². The van der Waals surface area contributed by atoms with Crippen LogP contribution in [0.3, 0.4) is 0 Å². The number of nitrogens with zero attached hydrogens (tertiary/aromatic N) is 2. The summed E-state index contributed by atoms with van der Waals surface area (Å²) < 4.78 is 0. The summed E-state index contributed by atoms with van der Waals surface area (Å²) >= 11 is 1.40. The summed E-state index contributed by atoms with van der Waals surface area (Å²) in [5.74, 6) is 2.54. The van der Waals surface area contributed by atoms with Crippen LogP contribution in [-0.4, -0.2) is 33.4 Å². The van der Waals surface area contributed by atoms with Crippen LogP contribution in [0.25, 0.3) is 0 Å². The van der Waals surface area contributed by atoms with Crippen molar-refractivity contribution in [3.63, 3.8) is 0 Å². The largest absolute Gasteiger partial charge is 0.355 e. The molecule has 1 fully saturated rings. The molecule has 1 amide bonds. The van der Waals surface area contributed by atoms with Crippen LogP contribution in [0.15, 0.2) is 35.5 Å². The molecule has 1 heterocycles. The molecule has 3 rings (SSSR count). The predicted octanol–water partition coefficient (Wildman–Crippen LogP) is 4.33. The number of rotatable bonds is 10. The zero-order valence-electron chi connectivity index (χ0n) is 16.1. The van der Waals surface area contributed by atoms with Gasteiger partial charge in [0.15, 0.2) is 0 Å². The van der Waals surface area contributed by atoms with E-state index in [1.165, 1.54) is 49.4 Å². The monoisotopic (exact) mass is 386 g/mol. The second kappa shape index (κ2) is 10.5. The minimum Gasteiger partial charge on any atom is -0.355 e. The standard InChI is InChI=1S/C21H30N4OS/c1-2-17(18-10-4-3-5-11-18)14-22-20(26)15-27-21-23-19(24-25-21)13-12-16-8-6-7-9-16/h3-5,10-11,16-17H,2,6-9,12-15H2,1H3,(H,22,26)(H,23,24,25). The lowest BCUT2D eigenvalue weighted by Crippen LogP contribution is -2.29. The molecule has 1 unspecified atom stereocenters. The summed E-state index contributed by atoms with van der Waals surface area (Å²) in [5, 5.41) is 11.0. The number of carbonyl (C=O) groups is 1. The first-order chi connectivity index (χ1) is 13.2. The first kappa shape index (κ1) is 19.9. The average molecular weight is 387 g/mol. The van der Waals surface area contributed by atoms with E-state index in [0.29, 0.717) is 23.4 Å². The molecule has 0 saturated heterocycles. The molecule has 6 heteroatoms. The van der Waals surface area contributed by atoms with Gasteiger partial charge in [-0.05, 0) is 24.3 Å². The molecule has 5 nitrogen and oxygen atoms in total. The fraction of sp³-hybridized carbons (Fsp3) is 0.571. The maximum Gasteiger partial charge on any atom is 0.230 e. The van der Waals surface area contributed by atoms with Crippen molar-refractivity contribution in [2.45, 2.75) is 62.9 Å². The number of aromatic amines is 1. The Hall–Kier alpha value is -1.82. The van der Waals surface area contributed by atoms with Crippen LogP contribution < -0.4 is 5.32 Å². The van der Waals surface area contributed by atoms with Crippen molar-refractivity contribution in [3.8, 4) is 0 Å². The van der Waals surface area contributed by atoms with Crippen molar-refractivity contribution < 1.29 is 4.79 Å². The van der Waals surface area contributed by atoms with Crippen LogP contribution in [0.1, 0.15) is 62.8 Å². The van der Waals surface area contributed by atoms with Crippen LogP contribution in [0.4, 0.5) is 0 Å². The fourth-order valence-electron chi connectivity index (χ4n) is 3.74. The van der Waals surface area contributed by atoms with Crippen LogP contribution in [-0.2, 0) is 11.2 Å². The highest BCUT2D eigenvalue weighted by molar-refractivity contribution is 7.99. The lowest BCUT2D eigenvalue weighted by molar-refractivity contribution is -0.118. The van der Waals surface area contributed by atoms with Gasteiger partial charge in [0.25, 0.3) is 0 Å². The van der Waals surface area contributed by atoms with Gasteiger partial charge in [0.2, 0.25) is 11.1 Å². The summed E-state index contributed by atoms with van der Waals surface area (Å²) in [4.78, 5) is 16.7. The molecule has 146 valence electrons. The normalized spacial score (nSPS) is 15.7. The Morgan fingerprint density at radius 3 is 2.81 bits per heavy atom. The second-order valence-electron chi connectivity index (χ2n) is 7.36. The highest BCUT2D eigenvalue weighted by Crippen LogP contribution is 2.28. The maximum atomic E-state index is 12.2. The van der Waals surface area contributed by atoms with Crippen molar-refractivity contribution in [1.29, 1.82) is 0 Å². The topological polar surface area (TPSA) is 70.7 Å². The third-order valence-corrected chi connectivity index (χ3v) is 6.26. The Morgan fingerprint density at radius 2 is 2.07 bits per heavy atom. The number of hydrogen-bond acceptors (Lipinski definition) is 4. The third kappa shape index (κ3) is 6.38. The van der Waals surface area contributed by atoms with E-state index in [2.05, 4.69) is 39.6 Å². The summed E-state index contributed by atoms with van der Waals surface area (Å²) in [6.07, 6.45) is 8.62. The van der Waals surface area contributed by atoms with E-state index < -0.39 is 0 Å². The van der Waals surface area contributed by atoms with Crippen molar-refractivity contribution in [2.75, 3.05) is 12.3 Å². The van der Waals surface area contributed by atoms with Gasteiger partial charge in [-0.2, -0.15) is 0 Å². The Balaban J connectivity index is 1.37. The summed E-state index contributed by atoms with van der Waals surface area (Å²) in [5.41, 5.74) is 1.27. The summed E-state index contributed by atoms with van der Waals surface area (Å²) in [7, 11) is 0. The molecule has 1 aromatic heterocycles. The number of H-pyrrole nitrogens is 1. The smallest absolute Gasteiger partial charge is 0.230 e. The Morgan fingerprint density at radius 1 is 1.30 bits per heavy atom. The molecule has 27 heavy (non-hydrogen) atoms. The summed E-state index contributed by atoms with van der Waals surface area (Å²) in [6, 6.07) is 10.3. The van der Waals surface area contributed by atoms with E-state index in [4.69, 9.17) is 0 Å². The van der Waals surface area contributed by atoms with Gasteiger partial charge in [-0.3, -0.25) is 9.89 Å². The van der Waals surface area contributed by atoms with Crippen LogP contribution in [0, 0.1) is 5.92 Å². The second-order valence-corrected chi connectivity index (χ2v) is 8.30. The number of benzene rings is 1. The number of nitrogens with one attached hydrogen (secondary N) is 2. The first-order valence-electron chi connectivity index (χ1n) is 10.1. The van der Waals surface area contributed by atoms with E-state index >= 15 is 0 Å². The molecular formula is C21H30N4OS. The molecule has 0 aliphatic heterocycles. The van der Waals surface area contributed by atoms with Gasteiger partial charge in [-0.15, -0.1) is 5.10 Å². The van der Waals surface area contributed by atoms with Crippen molar-refractivity contribution >= 4 is 17.7 Å². The summed E-state index contributed by atoms with van der Waals surface area (Å²) in [6.45, 7) is 2.82. The quantitative estimate of drug-likeness (QED) is 0.596. The molecule has 2 N–H and O–H groups in total. The number of aryl methyl sites for hydroxylation is 1. The molecule has 0 radical (unpaired) electrons. The molecule has 1 saturated carbocycles. The first-order valence-corrected chi connectivity index (χ1v) is 11.1. The van der Waals surface area contributed by atoms with E-state index in [-0.39, 0.29) is 5.91 Å². The molecule has 1 atom stereocenters. The SMILES string of the molecule is CCC(CNC(=O)CSc1n[nH]c(CCC2CCCC2)n1)c1ccccc1. The van der Waals surface area contributed by atoms with E-state index in [0.717, 1.165) is 24.6 Å². The molecule has 1 aliphatic rings. The van der Waals surface area contributed by atoms with E-state index in [1.54, 1.807) is 0 Å². The fourth-order valence-corrected chi connectivity index (χ4v) is 4.38. The van der Waals surface area contributed by atoms with Gasteiger partial charge in [0.05, 0.1) is 5.75 Å². The number of thioether (sulfide) groups is 1. The highest BCUT2D eigenvalue weighted by Gasteiger charge is 2.16. The Bertz CT molecular complexity index is 697. The van der Waals surface area contributed by atoms with Gasteiger partial charge >= 0.3 is 0 Å². The van der Waals surface area contributed by atoms with Gasteiger partial charge in [-0.25, -0.2) is 4.98 Å². The van der Waals surface area contributed by atoms with Crippen molar-refractivity contribution in [1.82, 2.24) is 20.5 Å². The highest BCUT2D eigenvalue weighted by atomic mass is 32.2. The van der Waals surface area contributed by atoms with Crippen LogP contribution in [0.5, 0.6) is 0 Å². The average Bonchev–Trinajstić information content (AvgIpc) is 3.38. The van der Waals surface area contributed by atoms with E-state index in [1.807, 2.05) is 18.2 Å². The maximum absolute atomic E-state index is 12.2. The number of amides is 1. The number of aromatic nitrogens is 3. The lowest BCUT2D eigenvalue weighted by Gasteiger charge is -2.16. The minimum absolute atomic E-state index is 0.0340. The number of carbonyl (C=O) groups excluding carboxylic acids is 1. The zero-order valence-corrected chi connectivity index (χ0v) is 16.9. The molecular weight excluding hydrogens is 356 g/mol. The molecule has 1 aliphatic carbocycles. The zero-order chi connectivity index (χ0) is 18.9. The number of hydrogen-bond donors (Lipinski definition) is 2. The van der Waals surface area contributed by atoms with E-state index in [9.17, 15) is 4.79 Å². The molecule has 0 spiro atoms. The van der Waals surface area contributed by atoms with Crippen LogP contribution >= 0.6 is 11.8 Å². The van der Waals surface area contributed by atoms with Gasteiger partial charge in [0, 0.05) is 18.9 Å². The van der Waals surface area contributed by atoms with Gasteiger partial charge in [-0.1, -0.05) is 74.7 Å². The minimum atomic E-state index is 0.0340. The van der Waals surface area contributed by atoms with Crippen molar-refractivity contribution in [3.05, 3.63) is 41.7 Å². The molecule has 1 aromatic carbocycles. The Labute approximate surface area is 166 Å².